The van der Waals surface area contributed by atoms with Gasteiger partial charge in [0.2, 0.25) is 0 Å². The molecule has 1 atom stereocenters. The van der Waals surface area contributed by atoms with Crippen LogP contribution in [0.1, 0.15) is 25.7 Å². The Hall–Kier alpha value is -0.390. The van der Waals surface area contributed by atoms with E-state index in [0.717, 1.165) is 17.3 Å². The van der Waals surface area contributed by atoms with Crippen LogP contribution >= 0.6 is 15.9 Å². The maximum absolute atomic E-state index is 12.4. The van der Waals surface area contributed by atoms with Crippen molar-refractivity contribution in [2.75, 3.05) is 12.8 Å². The maximum Gasteiger partial charge on any atom is 0.179 e. The SMILES string of the molecule is CNC(CS(=O)(=O)c1cccc(Br)c1)C1CCCC1. The van der Waals surface area contributed by atoms with Gasteiger partial charge in [0.1, 0.15) is 0 Å². The Morgan fingerprint density at radius 2 is 2.05 bits per heavy atom. The minimum absolute atomic E-state index is 0.0616. The molecule has 1 saturated carbocycles. The molecule has 0 aromatic heterocycles. The van der Waals surface area contributed by atoms with Gasteiger partial charge < -0.3 is 5.32 Å². The van der Waals surface area contributed by atoms with E-state index in [1.165, 1.54) is 12.8 Å². The highest BCUT2D eigenvalue weighted by Crippen LogP contribution is 2.29. The van der Waals surface area contributed by atoms with Gasteiger partial charge in [0, 0.05) is 10.5 Å². The van der Waals surface area contributed by atoms with Crippen LogP contribution in [0.25, 0.3) is 0 Å². The summed E-state index contributed by atoms with van der Waals surface area (Å²) < 4.78 is 25.7. The van der Waals surface area contributed by atoms with Crippen molar-refractivity contribution in [1.29, 1.82) is 0 Å². The Balaban J connectivity index is 2.15. The molecule has 19 heavy (non-hydrogen) atoms. The van der Waals surface area contributed by atoms with Gasteiger partial charge in [-0.25, -0.2) is 8.42 Å². The molecule has 1 aromatic carbocycles. The Kier molecular flexibility index (Phi) is 5.03. The lowest BCUT2D eigenvalue weighted by Crippen LogP contribution is -2.38. The minimum Gasteiger partial charge on any atom is -0.316 e. The van der Waals surface area contributed by atoms with E-state index < -0.39 is 9.84 Å². The molecular weight excluding hydrogens is 326 g/mol. The van der Waals surface area contributed by atoms with Crippen molar-refractivity contribution >= 4 is 25.8 Å². The van der Waals surface area contributed by atoms with Crippen LogP contribution in [0, 0.1) is 5.92 Å². The zero-order valence-electron chi connectivity index (χ0n) is 11.1. The average molecular weight is 346 g/mol. The molecule has 1 aliphatic rings. The first kappa shape index (κ1) is 15.0. The summed E-state index contributed by atoms with van der Waals surface area (Å²) in [6, 6.07) is 7.01. The van der Waals surface area contributed by atoms with Crippen LogP contribution in [0.5, 0.6) is 0 Å². The summed E-state index contributed by atoms with van der Waals surface area (Å²) >= 11 is 3.32. The Morgan fingerprint density at radius 3 is 2.63 bits per heavy atom. The van der Waals surface area contributed by atoms with Crippen LogP contribution in [-0.2, 0) is 9.84 Å². The van der Waals surface area contributed by atoms with Crippen LogP contribution in [-0.4, -0.2) is 27.3 Å². The van der Waals surface area contributed by atoms with Gasteiger partial charge in [-0.3, -0.25) is 0 Å². The fraction of sp³-hybridized carbons (Fsp3) is 0.571. The van der Waals surface area contributed by atoms with E-state index in [1.54, 1.807) is 18.2 Å². The predicted molar refractivity (Wildman–Crippen MR) is 81.0 cm³/mol. The van der Waals surface area contributed by atoms with Crippen molar-refractivity contribution in [3.63, 3.8) is 0 Å². The zero-order valence-corrected chi connectivity index (χ0v) is 13.5. The monoisotopic (exact) mass is 345 g/mol. The van der Waals surface area contributed by atoms with E-state index in [-0.39, 0.29) is 11.8 Å². The van der Waals surface area contributed by atoms with Gasteiger partial charge in [-0.2, -0.15) is 0 Å². The summed E-state index contributed by atoms with van der Waals surface area (Å²) in [5, 5.41) is 3.19. The molecule has 0 spiro atoms. The lowest BCUT2D eigenvalue weighted by Gasteiger charge is -2.22. The summed E-state index contributed by atoms with van der Waals surface area (Å²) in [4.78, 5) is 0.403. The van der Waals surface area contributed by atoms with Gasteiger partial charge >= 0.3 is 0 Å². The van der Waals surface area contributed by atoms with Gasteiger partial charge in [0.15, 0.2) is 9.84 Å². The van der Waals surface area contributed by atoms with E-state index in [1.807, 2.05) is 13.1 Å². The molecule has 3 nitrogen and oxygen atoms in total. The van der Waals surface area contributed by atoms with E-state index in [4.69, 9.17) is 0 Å². The lowest BCUT2D eigenvalue weighted by molar-refractivity contribution is 0.404. The second-order valence-corrected chi connectivity index (χ2v) is 8.13. The number of benzene rings is 1. The third-order valence-electron chi connectivity index (χ3n) is 3.89. The summed E-state index contributed by atoms with van der Waals surface area (Å²) in [7, 11) is -1.36. The Labute approximate surface area is 123 Å². The average Bonchev–Trinajstić information content (AvgIpc) is 2.90. The van der Waals surface area contributed by atoms with Crippen LogP contribution < -0.4 is 5.32 Å². The molecule has 1 aliphatic carbocycles. The van der Waals surface area contributed by atoms with E-state index in [9.17, 15) is 8.42 Å². The molecule has 1 aromatic rings. The second kappa shape index (κ2) is 6.37. The molecule has 1 unspecified atom stereocenters. The molecule has 1 fully saturated rings. The number of hydrogen-bond acceptors (Lipinski definition) is 3. The van der Waals surface area contributed by atoms with Crippen molar-refractivity contribution < 1.29 is 8.42 Å². The molecule has 1 N–H and O–H groups in total. The molecule has 0 amide bonds. The summed E-state index contributed by atoms with van der Waals surface area (Å²) in [6.45, 7) is 0. The van der Waals surface area contributed by atoms with Crippen molar-refractivity contribution in [2.24, 2.45) is 5.92 Å². The Morgan fingerprint density at radius 1 is 1.37 bits per heavy atom. The van der Waals surface area contributed by atoms with E-state index in [0.29, 0.717) is 10.8 Å². The number of sulfone groups is 1. The first-order valence-electron chi connectivity index (χ1n) is 6.68. The number of halogens is 1. The number of hydrogen-bond donors (Lipinski definition) is 1. The molecule has 0 heterocycles. The van der Waals surface area contributed by atoms with Crippen molar-refractivity contribution in [1.82, 2.24) is 5.32 Å². The highest BCUT2D eigenvalue weighted by molar-refractivity contribution is 9.10. The molecule has 5 heteroatoms. The molecule has 106 valence electrons. The first-order chi connectivity index (χ1) is 9.03. The predicted octanol–water partition coefficient (Wildman–Crippen LogP) is 3.00. The first-order valence-corrected chi connectivity index (χ1v) is 9.13. The van der Waals surface area contributed by atoms with Crippen LogP contribution in [0.15, 0.2) is 33.6 Å². The highest BCUT2D eigenvalue weighted by atomic mass is 79.9. The van der Waals surface area contributed by atoms with Crippen LogP contribution in [0.2, 0.25) is 0 Å². The Bertz CT molecular complexity index is 524. The van der Waals surface area contributed by atoms with Gasteiger partial charge in [-0.15, -0.1) is 0 Å². The van der Waals surface area contributed by atoms with Crippen molar-refractivity contribution in [3.05, 3.63) is 28.7 Å². The zero-order chi connectivity index (χ0) is 13.9. The van der Waals surface area contributed by atoms with Gasteiger partial charge in [-0.1, -0.05) is 34.8 Å². The quantitative estimate of drug-likeness (QED) is 0.892. The van der Waals surface area contributed by atoms with E-state index in [2.05, 4.69) is 21.2 Å². The van der Waals surface area contributed by atoms with Crippen LogP contribution in [0.4, 0.5) is 0 Å². The summed E-state index contributed by atoms with van der Waals surface area (Å²) in [5.41, 5.74) is 0. The topological polar surface area (TPSA) is 46.2 Å². The molecule has 0 aliphatic heterocycles. The van der Waals surface area contributed by atoms with Gasteiger partial charge in [0.25, 0.3) is 0 Å². The van der Waals surface area contributed by atoms with E-state index >= 15 is 0 Å². The fourth-order valence-electron chi connectivity index (χ4n) is 2.81. The van der Waals surface area contributed by atoms with Crippen molar-refractivity contribution in [3.8, 4) is 0 Å². The molecule has 0 radical (unpaired) electrons. The van der Waals surface area contributed by atoms with Gasteiger partial charge in [-0.05, 0) is 44.0 Å². The maximum atomic E-state index is 12.4. The van der Waals surface area contributed by atoms with Crippen LogP contribution in [0.3, 0.4) is 0 Å². The number of nitrogens with one attached hydrogen (secondary N) is 1. The molecule has 0 saturated heterocycles. The third kappa shape index (κ3) is 3.80. The number of rotatable bonds is 5. The standard InChI is InChI=1S/C14H20BrNO2S/c1-16-14(11-5-2-3-6-11)10-19(17,18)13-8-4-7-12(15)9-13/h4,7-9,11,14,16H,2-3,5-6,10H2,1H3. The summed E-state index contributed by atoms with van der Waals surface area (Å²) in [5.74, 6) is 0.678. The smallest absolute Gasteiger partial charge is 0.179 e. The van der Waals surface area contributed by atoms with Gasteiger partial charge in [0.05, 0.1) is 10.6 Å². The normalized spacial score (nSPS) is 18.6. The fourth-order valence-corrected chi connectivity index (χ4v) is 5.06. The van der Waals surface area contributed by atoms with Crippen molar-refractivity contribution in [2.45, 2.75) is 36.6 Å². The summed E-state index contributed by atoms with van der Waals surface area (Å²) in [6.07, 6.45) is 4.72. The third-order valence-corrected chi connectivity index (χ3v) is 6.16. The second-order valence-electron chi connectivity index (χ2n) is 5.18. The minimum atomic E-state index is -3.22. The largest absolute Gasteiger partial charge is 0.316 e. The lowest BCUT2D eigenvalue weighted by atomic mass is 10.0. The molecule has 0 bridgehead atoms. The molecular formula is C14H20BrNO2S. The highest BCUT2D eigenvalue weighted by Gasteiger charge is 2.29. The molecule has 2 rings (SSSR count).